The molecule has 0 saturated heterocycles. The van der Waals surface area contributed by atoms with Crippen molar-refractivity contribution in [2.75, 3.05) is 11.4 Å². The molecule has 3 rings (SSSR count). The number of carbonyl (C=O) groups is 3. The van der Waals surface area contributed by atoms with Crippen LogP contribution in [0.3, 0.4) is 0 Å². The van der Waals surface area contributed by atoms with Crippen molar-refractivity contribution in [1.82, 2.24) is 5.32 Å². The fourth-order valence-electron chi connectivity index (χ4n) is 3.11. The Morgan fingerprint density at radius 2 is 1.75 bits per heavy atom. The van der Waals surface area contributed by atoms with Crippen molar-refractivity contribution in [3.8, 4) is 0 Å². The number of nitrogens with one attached hydrogen (secondary N) is 1. The molecule has 0 aromatic heterocycles. The van der Waals surface area contributed by atoms with Crippen LogP contribution in [0.15, 0.2) is 60.3 Å². The molecule has 0 fully saturated rings. The van der Waals surface area contributed by atoms with Crippen molar-refractivity contribution in [3.05, 3.63) is 71.4 Å². The third-order valence-electron chi connectivity index (χ3n) is 4.43. The number of carbonyl (C=O) groups excluding carboxylic acids is 3. The molecule has 1 aliphatic rings. The molecule has 1 aliphatic heterocycles. The lowest BCUT2D eigenvalue weighted by atomic mass is 10.2. The molecule has 6 nitrogen and oxygen atoms in total. The molecule has 0 spiro atoms. The summed E-state index contributed by atoms with van der Waals surface area (Å²) in [5.74, 6) is -1.45. The molecule has 0 radical (unpaired) electrons. The van der Waals surface area contributed by atoms with E-state index >= 15 is 0 Å². The second kappa shape index (κ2) is 8.52. The number of para-hydroxylation sites is 1. The highest BCUT2D eigenvalue weighted by atomic mass is 16.5. The van der Waals surface area contributed by atoms with Gasteiger partial charge in [-0.15, -0.1) is 0 Å². The van der Waals surface area contributed by atoms with E-state index in [4.69, 9.17) is 4.74 Å². The van der Waals surface area contributed by atoms with Crippen LogP contribution >= 0.6 is 0 Å². The Hall–Kier alpha value is -3.41. The normalized spacial score (nSPS) is 14.2. The number of rotatable bonds is 5. The van der Waals surface area contributed by atoms with Crippen molar-refractivity contribution in [3.63, 3.8) is 0 Å². The van der Waals surface area contributed by atoms with Gasteiger partial charge in [-0.3, -0.25) is 9.59 Å². The van der Waals surface area contributed by atoms with E-state index in [2.05, 4.69) is 5.32 Å². The maximum absolute atomic E-state index is 12.8. The number of esters is 1. The minimum atomic E-state index is -0.980. The molecular weight excluding hydrogens is 356 g/mol. The maximum Gasteiger partial charge on any atom is 0.355 e. The topological polar surface area (TPSA) is 75.7 Å². The Labute approximate surface area is 163 Å². The Bertz CT molecular complexity index is 921. The first-order chi connectivity index (χ1) is 13.5. The van der Waals surface area contributed by atoms with Crippen molar-refractivity contribution < 1.29 is 19.1 Å². The third-order valence-corrected chi connectivity index (χ3v) is 4.43. The second-order valence-electron chi connectivity index (χ2n) is 6.57. The highest BCUT2D eigenvalue weighted by molar-refractivity contribution is 6.02. The lowest BCUT2D eigenvalue weighted by molar-refractivity contribution is -0.150. The van der Waals surface area contributed by atoms with Gasteiger partial charge in [0.2, 0.25) is 5.91 Å². The zero-order valence-corrected chi connectivity index (χ0v) is 15.8. The molecule has 0 aliphatic carbocycles. The van der Waals surface area contributed by atoms with Gasteiger partial charge in [0.15, 0.2) is 6.10 Å². The minimum absolute atomic E-state index is 0.0137. The summed E-state index contributed by atoms with van der Waals surface area (Å²) in [6.07, 6.45) is 1.31. The summed E-state index contributed by atoms with van der Waals surface area (Å²) >= 11 is 0. The van der Waals surface area contributed by atoms with Gasteiger partial charge in [0, 0.05) is 19.2 Å². The Morgan fingerprint density at radius 3 is 2.46 bits per heavy atom. The van der Waals surface area contributed by atoms with Crippen molar-refractivity contribution in [2.45, 2.75) is 26.4 Å². The second-order valence-corrected chi connectivity index (χ2v) is 6.57. The van der Waals surface area contributed by atoms with E-state index < -0.39 is 18.0 Å². The molecule has 144 valence electrons. The molecule has 2 aromatic rings. The van der Waals surface area contributed by atoms with Crippen LogP contribution in [0.4, 0.5) is 5.69 Å². The number of benzene rings is 2. The van der Waals surface area contributed by atoms with Gasteiger partial charge >= 0.3 is 5.97 Å². The highest BCUT2D eigenvalue weighted by Crippen LogP contribution is 2.28. The molecule has 0 bridgehead atoms. The van der Waals surface area contributed by atoms with E-state index in [0.29, 0.717) is 6.54 Å². The molecule has 1 heterocycles. The summed E-state index contributed by atoms with van der Waals surface area (Å²) < 4.78 is 5.36. The molecular formula is C22H22N2O4. The largest absolute Gasteiger partial charge is 0.448 e. The first-order valence-corrected chi connectivity index (χ1v) is 9.10. The summed E-state index contributed by atoms with van der Waals surface area (Å²) in [6, 6.07) is 16.8. The number of fused-ring (bicyclic) bond motifs is 1. The maximum atomic E-state index is 12.8. The van der Waals surface area contributed by atoms with Gasteiger partial charge < -0.3 is 15.0 Å². The summed E-state index contributed by atoms with van der Waals surface area (Å²) in [7, 11) is 0. The average molecular weight is 378 g/mol. The molecule has 0 saturated carbocycles. The lowest BCUT2D eigenvalue weighted by Crippen LogP contribution is -2.40. The third kappa shape index (κ3) is 4.46. The molecule has 1 atom stereocenters. The summed E-state index contributed by atoms with van der Waals surface area (Å²) in [4.78, 5) is 38.5. The van der Waals surface area contributed by atoms with E-state index in [-0.39, 0.29) is 11.6 Å². The van der Waals surface area contributed by atoms with E-state index in [1.165, 1.54) is 19.9 Å². The number of hydrogen-bond acceptors (Lipinski definition) is 4. The first-order valence-electron chi connectivity index (χ1n) is 9.10. The molecule has 6 heteroatoms. The monoisotopic (exact) mass is 378 g/mol. The van der Waals surface area contributed by atoms with Crippen molar-refractivity contribution in [1.29, 1.82) is 0 Å². The lowest BCUT2D eigenvalue weighted by Gasteiger charge is -2.22. The van der Waals surface area contributed by atoms with Crippen LogP contribution in [-0.4, -0.2) is 30.4 Å². The molecule has 28 heavy (non-hydrogen) atoms. The van der Waals surface area contributed by atoms with Crippen LogP contribution in [-0.2, 0) is 25.5 Å². The number of nitrogens with zero attached hydrogens (tertiary/aromatic N) is 1. The Kier molecular flexibility index (Phi) is 5.89. The van der Waals surface area contributed by atoms with Gasteiger partial charge in [-0.1, -0.05) is 48.5 Å². The zero-order valence-electron chi connectivity index (χ0n) is 15.8. The average Bonchev–Trinajstić information content (AvgIpc) is 3.11. The summed E-state index contributed by atoms with van der Waals surface area (Å²) in [5, 5.41) is 2.48. The Morgan fingerprint density at radius 1 is 1.07 bits per heavy atom. The zero-order chi connectivity index (χ0) is 20.1. The smallest absolute Gasteiger partial charge is 0.355 e. The summed E-state index contributed by atoms with van der Waals surface area (Å²) in [6.45, 7) is 3.40. The number of hydrogen-bond donors (Lipinski definition) is 1. The van der Waals surface area contributed by atoms with Crippen LogP contribution in [0.5, 0.6) is 0 Å². The van der Waals surface area contributed by atoms with Gasteiger partial charge in [0.05, 0.1) is 0 Å². The quantitative estimate of drug-likeness (QED) is 0.641. The highest BCUT2D eigenvalue weighted by Gasteiger charge is 2.30. The molecule has 0 unspecified atom stereocenters. The van der Waals surface area contributed by atoms with Crippen molar-refractivity contribution >= 4 is 29.5 Å². The van der Waals surface area contributed by atoms with Gasteiger partial charge in [0.1, 0.15) is 5.70 Å². The van der Waals surface area contributed by atoms with E-state index in [0.717, 1.165) is 23.2 Å². The first kappa shape index (κ1) is 19.4. The Balaban J connectivity index is 1.73. The van der Waals surface area contributed by atoms with E-state index in [1.54, 1.807) is 17.0 Å². The van der Waals surface area contributed by atoms with Gasteiger partial charge in [-0.25, -0.2) is 4.79 Å². The van der Waals surface area contributed by atoms with Crippen LogP contribution in [0.25, 0.3) is 6.08 Å². The molecule has 1 N–H and O–H groups in total. The molecule has 2 amide bonds. The minimum Gasteiger partial charge on any atom is -0.448 e. The number of anilines is 1. The van der Waals surface area contributed by atoms with E-state index in [9.17, 15) is 14.4 Å². The number of amides is 2. The van der Waals surface area contributed by atoms with Crippen LogP contribution in [0.1, 0.15) is 25.0 Å². The molecule has 2 aromatic carbocycles. The standard InChI is InChI=1S/C22H22N2O4/c1-15(21(26)24-13-12-18-10-6-7-11-20(18)24)28-22(27)19(23-16(2)25)14-17-8-4-3-5-9-17/h3-11,14-15H,12-13H2,1-2H3,(H,23,25)/b19-14-/t15-/m0/s1. The SMILES string of the molecule is CC(=O)N/C(=C\c1ccccc1)C(=O)O[C@@H](C)C(=O)N1CCc2ccccc21. The van der Waals surface area contributed by atoms with E-state index in [1.807, 2.05) is 42.5 Å². The fraction of sp³-hybridized carbons (Fsp3) is 0.227. The fourth-order valence-corrected chi connectivity index (χ4v) is 3.11. The van der Waals surface area contributed by atoms with Crippen LogP contribution in [0.2, 0.25) is 0 Å². The van der Waals surface area contributed by atoms with Gasteiger partial charge in [-0.05, 0) is 36.6 Å². The van der Waals surface area contributed by atoms with Crippen LogP contribution in [0, 0.1) is 0 Å². The summed E-state index contributed by atoms with van der Waals surface area (Å²) in [5.41, 5.74) is 2.66. The van der Waals surface area contributed by atoms with Gasteiger partial charge in [0.25, 0.3) is 5.91 Å². The van der Waals surface area contributed by atoms with Crippen LogP contribution < -0.4 is 10.2 Å². The predicted molar refractivity (Wildman–Crippen MR) is 106 cm³/mol. The van der Waals surface area contributed by atoms with Crippen molar-refractivity contribution in [2.24, 2.45) is 0 Å². The van der Waals surface area contributed by atoms with Gasteiger partial charge in [-0.2, -0.15) is 0 Å². The number of ether oxygens (including phenoxy) is 1. The predicted octanol–water partition coefficient (Wildman–Crippen LogP) is 2.68.